The molecule has 2 N–H and O–H groups in total. The number of carbonyl (C=O) groups excluding carboxylic acids is 5. The Morgan fingerprint density at radius 2 is 0.343 bits per heavy atom. The summed E-state index contributed by atoms with van der Waals surface area (Å²) in [4.78, 5) is 63.5. The van der Waals surface area contributed by atoms with Crippen LogP contribution in [-0.4, -0.2) is 143 Å². The van der Waals surface area contributed by atoms with Crippen LogP contribution in [0.3, 0.4) is 0 Å². The zero-order chi connectivity index (χ0) is 97.1. The van der Waals surface area contributed by atoms with Gasteiger partial charge in [0.2, 0.25) is 0 Å². The largest absolute Gasteiger partial charge is 0.463 e. The maximum Gasteiger partial charge on any atom is 0.306 e. The van der Waals surface area contributed by atoms with Gasteiger partial charge in [-0.3, -0.25) is 24.0 Å². The molecule has 0 aliphatic rings. The molecule has 0 aromatic heterocycles. The van der Waals surface area contributed by atoms with Gasteiger partial charge in [0.15, 0.2) is 0 Å². The Bertz CT molecular complexity index is 2360. The molecular weight excluding hydrogens is 1680 g/mol. The van der Waals surface area contributed by atoms with Gasteiger partial charge >= 0.3 is 29.8 Å². The van der Waals surface area contributed by atoms with Crippen molar-refractivity contribution >= 4 is 29.8 Å². The first-order valence-corrected chi connectivity index (χ1v) is 59.1. The van der Waals surface area contributed by atoms with Gasteiger partial charge in [-0.25, -0.2) is 0 Å². The van der Waals surface area contributed by atoms with Gasteiger partial charge in [-0.05, 0) is 154 Å². The van der Waals surface area contributed by atoms with Crippen molar-refractivity contribution in [2.45, 2.75) is 656 Å². The summed E-state index contributed by atoms with van der Waals surface area (Å²) in [6, 6.07) is 0. The molecule has 17 nitrogen and oxygen atoms in total. The molecule has 0 amide bonds. The molecule has 0 saturated carbocycles. The minimum absolute atomic E-state index is 0.000444. The molecule has 0 heterocycles. The van der Waals surface area contributed by atoms with Crippen LogP contribution in [0, 0.1) is 0 Å². The number of unbranched alkanes of at least 4 members (excludes halogenated alkanes) is 61. The summed E-state index contributed by atoms with van der Waals surface area (Å²) in [5.41, 5.74) is 0. The third-order valence-electron chi connectivity index (χ3n) is 27.4. The van der Waals surface area contributed by atoms with E-state index in [0.29, 0.717) is 77.8 Å². The van der Waals surface area contributed by atoms with Crippen LogP contribution in [0.2, 0.25) is 0 Å². The fourth-order valence-electron chi connectivity index (χ4n) is 18.6. The Hall–Kier alpha value is -2.93. The van der Waals surface area contributed by atoms with Crippen molar-refractivity contribution in [1.82, 2.24) is 0 Å². The molecule has 0 fully saturated rings. The van der Waals surface area contributed by atoms with E-state index in [-0.39, 0.29) is 80.4 Å². The molecule has 0 aliphatic carbocycles. The van der Waals surface area contributed by atoms with E-state index in [1.165, 1.54) is 334 Å². The number of aliphatic hydroxyl groups excluding tert-OH is 2. The van der Waals surface area contributed by atoms with Gasteiger partial charge < -0.3 is 57.6 Å². The molecule has 796 valence electrons. The number of ether oxygens (including phenoxy) is 10. The van der Waals surface area contributed by atoms with Crippen LogP contribution in [0.15, 0.2) is 0 Å². The third-order valence-corrected chi connectivity index (χ3v) is 27.4. The summed E-state index contributed by atoms with van der Waals surface area (Å²) in [5, 5.41) is 20.5. The molecule has 17 heteroatoms. The van der Waals surface area contributed by atoms with Crippen molar-refractivity contribution in [1.29, 1.82) is 0 Å². The van der Waals surface area contributed by atoms with E-state index in [9.17, 15) is 34.2 Å². The van der Waals surface area contributed by atoms with Gasteiger partial charge in [-0.1, -0.05) is 433 Å². The van der Waals surface area contributed by atoms with Crippen molar-refractivity contribution in [3.05, 3.63) is 0 Å². The monoisotopic (exact) mass is 1900 g/mol. The second-order valence-corrected chi connectivity index (χ2v) is 40.6. The fraction of sp³-hybridized carbons (Fsp3) is 0.957. The van der Waals surface area contributed by atoms with Crippen LogP contribution in [0.4, 0.5) is 0 Å². The minimum Gasteiger partial charge on any atom is -0.463 e. The Balaban J connectivity index is 3.94. The van der Waals surface area contributed by atoms with E-state index in [2.05, 4.69) is 41.5 Å². The van der Waals surface area contributed by atoms with Crippen LogP contribution < -0.4 is 0 Å². The lowest BCUT2D eigenvalue weighted by atomic mass is 10.0. The standard InChI is InChI=1S/C117H226O17/c1-7-13-19-62-80-107(118)82-64-50-38-27-32-46-58-76-94-115(122)132-110(86-67-22-16-10-4)89-71-53-41-26-25-37-49-61-79-97-129-109(84-66-21-15-9-3)85-70-52-40-29-34-44-56-74-92-113(120)130-104-102-125-98-100-127-106-128-101-99-126-103-105-131-114(121)93-75-57-45-35-30-42-54-72-90-111(87-68-23-17-11-5)134-117(124)96-78-60-48-36-31-43-55-73-91-112(88-69-24-18-12-6)133-116(123)95-77-59-47-33-28-39-51-65-83-108(119)81-63-20-14-8-2/h107-112,118-119H,7-106H2,1-6H3. The van der Waals surface area contributed by atoms with E-state index in [4.69, 9.17) is 47.4 Å². The first kappa shape index (κ1) is 131. The van der Waals surface area contributed by atoms with Crippen molar-refractivity contribution in [3.8, 4) is 0 Å². The lowest BCUT2D eigenvalue weighted by Crippen LogP contribution is -2.18. The van der Waals surface area contributed by atoms with Crippen LogP contribution in [0.5, 0.6) is 0 Å². The first-order valence-electron chi connectivity index (χ1n) is 59.1. The van der Waals surface area contributed by atoms with E-state index < -0.39 is 0 Å². The SMILES string of the molecule is CCCCCCC(O)CCCCCCCCCCC(=O)OC(CCCCCC)CCCCCCCCCCCOC(CCCCCC)CCCCCCCCCCC(=O)OCCOCCOCOCCOCCOC(=O)CCCCCCCCCCC(CCCCCC)OC(=O)CCCCCCCCCCC(CCCCCC)OC(=O)CCCCCCCCCCC(O)CCCCCC. The molecule has 0 aromatic rings. The van der Waals surface area contributed by atoms with Gasteiger partial charge in [0.25, 0.3) is 0 Å². The number of aliphatic hydroxyl groups is 2. The molecule has 0 rings (SSSR count). The molecule has 6 unspecified atom stereocenters. The summed E-state index contributed by atoms with van der Waals surface area (Å²) in [6.45, 7) is 17.1. The number of carbonyl (C=O) groups is 5. The zero-order valence-corrected chi connectivity index (χ0v) is 89.7. The average molecular weight is 1910 g/mol. The van der Waals surface area contributed by atoms with E-state index in [1.807, 2.05) is 0 Å². The van der Waals surface area contributed by atoms with Crippen molar-refractivity contribution in [2.75, 3.05) is 66.3 Å². The lowest BCUT2D eigenvalue weighted by molar-refractivity contribution is -0.151. The highest BCUT2D eigenvalue weighted by Gasteiger charge is 2.20. The van der Waals surface area contributed by atoms with Crippen LogP contribution in [-0.2, 0) is 71.3 Å². The van der Waals surface area contributed by atoms with Crippen molar-refractivity contribution in [2.24, 2.45) is 0 Å². The second kappa shape index (κ2) is 110. The van der Waals surface area contributed by atoms with Crippen LogP contribution in [0.1, 0.15) is 619 Å². The van der Waals surface area contributed by atoms with Gasteiger partial charge in [-0.2, -0.15) is 0 Å². The second-order valence-electron chi connectivity index (χ2n) is 40.6. The fourth-order valence-corrected chi connectivity index (χ4v) is 18.6. The number of hydrogen-bond donors (Lipinski definition) is 2. The predicted octanol–water partition coefficient (Wildman–Crippen LogP) is 34.2. The third kappa shape index (κ3) is 103. The highest BCUT2D eigenvalue weighted by atomic mass is 16.7. The van der Waals surface area contributed by atoms with Gasteiger partial charge in [0.1, 0.15) is 38.3 Å². The predicted molar refractivity (Wildman–Crippen MR) is 561 cm³/mol. The molecule has 0 radical (unpaired) electrons. The Morgan fingerprint density at radius 3 is 0.575 bits per heavy atom. The van der Waals surface area contributed by atoms with Gasteiger partial charge in [-0.15, -0.1) is 0 Å². The number of esters is 5. The lowest BCUT2D eigenvalue weighted by Gasteiger charge is -2.18. The highest BCUT2D eigenvalue weighted by Crippen LogP contribution is 2.26. The normalized spacial score (nSPS) is 13.0. The topological polar surface area (TPSA) is 218 Å². The summed E-state index contributed by atoms with van der Waals surface area (Å²) in [7, 11) is 0. The van der Waals surface area contributed by atoms with Crippen molar-refractivity contribution < 1.29 is 81.6 Å². The van der Waals surface area contributed by atoms with E-state index >= 15 is 0 Å². The minimum atomic E-state index is -0.177. The Morgan fingerprint density at radius 1 is 0.172 bits per heavy atom. The van der Waals surface area contributed by atoms with E-state index in [0.717, 1.165) is 218 Å². The molecular formula is C117H226O17. The zero-order valence-electron chi connectivity index (χ0n) is 89.7. The average Bonchev–Trinajstić information content (AvgIpc) is 0.964. The molecule has 0 bridgehead atoms. The summed E-state index contributed by atoms with van der Waals surface area (Å²) >= 11 is 0. The molecule has 0 aromatic carbocycles. The van der Waals surface area contributed by atoms with Crippen LogP contribution >= 0.6 is 0 Å². The smallest absolute Gasteiger partial charge is 0.306 e. The maximum atomic E-state index is 13.0. The summed E-state index contributed by atoms with van der Waals surface area (Å²) in [5.74, 6) is -0.333. The molecule has 0 saturated heterocycles. The Kier molecular flexibility index (Phi) is 108. The maximum absolute atomic E-state index is 13.0. The van der Waals surface area contributed by atoms with Gasteiger partial charge in [0.05, 0.1) is 58.0 Å². The molecule has 0 aliphatic heterocycles. The van der Waals surface area contributed by atoms with E-state index in [1.54, 1.807) is 0 Å². The first-order chi connectivity index (χ1) is 65.9. The molecule has 134 heavy (non-hydrogen) atoms. The number of hydrogen-bond acceptors (Lipinski definition) is 17. The summed E-state index contributed by atoms with van der Waals surface area (Å²) < 4.78 is 57.8. The number of rotatable bonds is 115. The van der Waals surface area contributed by atoms with Crippen molar-refractivity contribution in [3.63, 3.8) is 0 Å². The molecule has 6 atom stereocenters. The quantitative estimate of drug-likeness (QED) is 0.0250. The molecule has 0 spiro atoms. The highest BCUT2D eigenvalue weighted by molar-refractivity contribution is 5.70. The van der Waals surface area contributed by atoms with Crippen LogP contribution in [0.25, 0.3) is 0 Å². The van der Waals surface area contributed by atoms with Gasteiger partial charge in [0, 0.05) is 38.7 Å². The summed E-state index contributed by atoms with van der Waals surface area (Å²) in [6.07, 6.45) is 102. The Labute approximate surface area is 829 Å².